The van der Waals surface area contributed by atoms with Crippen molar-refractivity contribution in [3.05, 3.63) is 28.8 Å². The van der Waals surface area contributed by atoms with Crippen LogP contribution in [-0.2, 0) is 11.3 Å². The van der Waals surface area contributed by atoms with E-state index in [1.165, 1.54) is 5.56 Å². The first-order chi connectivity index (χ1) is 10.3. The standard InChI is InChI=1S/C16H25ClN2O2/c1-2-9-21-16-4-3-14(12-15(16)17)13-18-5-6-19-7-10-20-11-8-19/h3-4,12,18H,2,5-11,13H2,1H3. The average Bonchev–Trinajstić information content (AvgIpc) is 2.52. The van der Waals surface area contributed by atoms with E-state index in [9.17, 15) is 0 Å². The van der Waals surface area contributed by atoms with Crippen LogP contribution in [-0.4, -0.2) is 50.9 Å². The summed E-state index contributed by atoms with van der Waals surface area (Å²) < 4.78 is 10.9. The van der Waals surface area contributed by atoms with Gasteiger partial charge in [-0.3, -0.25) is 4.90 Å². The van der Waals surface area contributed by atoms with Gasteiger partial charge in [-0.05, 0) is 24.1 Å². The molecule has 0 aromatic heterocycles. The number of nitrogens with zero attached hydrogens (tertiary/aromatic N) is 1. The maximum absolute atomic E-state index is 6.22. The highest BCUT2D eigenvalue weighted by Crippen LogP contribution is 2.25. The molecule has 0 saturated carbocycles. The molecule has 1 aliphatic heterocycles. The maximum Gasteiger partial charge on any atom is 0.137 e. The highest BCUT2D eigenvalue weighted by atomic mass is 35.5. The second kappa shape index (κ2) is 9.26. The Balaban J connectivity index is 1.69. The molecule has 0 spiro atoms. The van der Waals surface area contributed by atoms with Gasteiger partial charge < -0.3 is 14.8 Å². The molecule has 0 unspecified atom stereocenters. The fourth-order valence-corrected chi connectivity index (χ4v) is 2.54. The zero-order valence-electron chi connectivity index (χ0n) is 12.7. The Morgan fingerprint density at radius 3 is 2.86 bits per heavy atom. The molecular formula is C16H25ClN2O2. The highest BCUT2D eigenvalue weighted by Gasteiger charge is 2.09. The van der Waals surface area contributed by atoms with E-state index >= 15 is 0 Å². The van der Waals surface area contributed by atoms with E-state index in [0.717, 1.165) is 58.1 Å². The number of halogens is 1. The van der Waals surface area contributed by atoms with Crippen molar-refractivity contribution in [3.8, 4) is 5.75 Å². The van der Waals surface area contributed by atoms with Gasteiger partial charge in [0.05, 0.1) is 24.8 Å². The Labute approximate surface area is 132 Å². The van der Waals surface area contributed by atoms with E-state index < -0.39 is 0 Å². The van der Waals surface area contributed by atoms with Crippen molar-refractivity contribution in [2.45, 2.75) is 19.9 Å². The van der Waals surface area contributed by atoms with E-state index in [4.69, 9.17) is 21.1 Å². The van der Waals surface area contributed by atoms with E-state index in [-0.39, 0.29) is 0 Å². The third-order valence-electron chi connectivity index (χ3n) is 3.50. The summed E-state index contributed by atoms with van der Waals surface area (Å²) in [5, 5.41) is 4.15. The lowest BCUT2D eigenvalue weighted by molar-refractivity contribution is 0.0384. The van der Waals surface area contributed by atoms with Crippen molar-refractivity contribution in [2.75, 3.05) is 46.0 Å². The molecule has 21 heavy (non-hydrogen) atoms. The zero-order valence-corrected chi connectivity index (χ0v) is 13.5. The Bertz CT molecular complexity index is 423. The minimum absolute atomic E-state index is 0.691. The molecule has 1 aromatic carbocycles. The summed E-state index contributed by atoms with van der Waals surface area (Å²) in [5.41, 5.74) is 1.19. The van der Waals surface area contributed by atoms with E-state index in [1.807, 2.05) is 12.1 Å². The van der Waals surface area contributed by atoms with Crippen molar-refractivity contribution >= 4 is 11.6 Å². The molecule has 0 atom stereocenters. The van der Waals surface area contributed by atoms with Crippen LogP contribution in [0, 0.1) is 0 Å². The summed E-state index contributed by atoms with van der Waals surface area (Å²) in [6.45, 7) is 9.45. The molecule has 5 heteroatoms. The first-order valence-corrected chi connectivity index (χ1v) is 8.09. The number of ether oxygens (including phenoxy) is 2. The summed E-state index contributed by atoms with van der Waals surface area (Å²) in [6, 6.07) is 6.00. The van der Waals surface area contributed by atoms with Gasteiger partial charge in [-0.25, -0.2) is 0 Å². The Hall–Kier alpha value is -0.810. The highest BCUT2D eigenvalue weighted by molar-refractivity contribution is 6.32. The summed E-state index contributed by atoms with van der Waals surface area (Å²) >= 11 is 6.22. The zero-order chi connectivity index (χ0) is 14.9. The minimum Gasteiger partial charge on any atom is -0.492 e. The topological polar surface area (TPSA) is 33.7 Å². The normalized spacial score (nSPS) is 16.1. The van der Waals surface area contributed by atoms with Gasteiger partial charge in [0.1, 0.15) is 5.75 Å². The van der Waals surface area contributed by atoms with Crippen molar-refractivity contribution < 1.29 is 9.47 Å². The van der Waals surface area contributed by atoms with Crippen LogP contribution in [0.4, 0.5) is 0 Å². The number of hydrogen-bond donors (Lipinski definition) is 1. The molecule has 1 saturated heterocycles. The van der Waals surface area contributed by atoms with Gasteiger partial charge in [0.2, 0.25) is 0 Å². The number of morpholine rings is 1. The molecule has 4 nitrogen and oxygen atoms in total. The van der Waals surface area contributed by atoms with Crippen molar-refractivity contribution in [2.24, 2.45) is 0 Å². The monoisotopic (exact) mass is 312 g/mol. The first kappa shape index (κ1) is 16.6. The van der Waals surface area contributed by atoms with Crippen LogP contribution in [0.3, 0.4) is 0 Å². The molecule has 1 heterocycles. The lowest BCUT2D eigenvalue weighted by atomic mass is 10.2. The molecule has 0 radical (unpaired) electrons. The Morgan fingerprint density at radius 1 is 1.33 bits per heavy atom. The molecule has 0 aliphatic carbocycles. The summed E-state index contributed by atoms with van der Waals surface area (Å²) in [5.74, 6) is 0.774. The quantitative estimate of drug-likeness (QED) is 0.748. The number of benzene rings is 1. The molecule has 0 bridgehead atoms. The molecule has 1 aliphatic rings. The first-order valence-electron chi connectivity index (χ1n) is 7.71. The second-order valence-corrected chi connectivity index (χ2v) is 5.65. The van der Waals surface area contributed by atoms with Gasteiger partial charge in [0.15, 0.2) is 0 Å². The molecule has 1 aromatic rings. The van der Waals surface area contributed by atoms with Gasteiger partial charge in [0.25, 0.3) is 0 Å². The molecule has 118 valence electrons. The largest absolute Gasteiger partial charge is 0.492 e. The SMILES string of the molecule is CCCOc1ccc(CNCCN2CCOCC2)cc1Cl. The van der Waals surface area contributed by atoms with Crippen LogP contribution in [0.5, 0.6) is 5.75 Å². The molecule has 2 rings (SSSR count). The van der Waals surface area contributed by atoms with Crippen LogP contribution >= 0.6 is 11.6 Å². The number of rotatable bonds is 8. The molecule has 1 N–H and O–H groups in total. The van der Waals surface area contributed by atoms with Crippen LogP contribution in [0.2, 0.25) is 5.02 Å². The fraction of sp³-hybridized carbons (Fsp3) is 0.625. The van der Waals surface area contributed by atoms with Crippen molar-refractivity contribution in [3.63, 3.8) is 0 Å². The predicted octanol–water partition coefficient (Wildman–Crippen LogP) is 2.55. The third-order valence-corrected chi connectivity index (χ3v) is 3.79. The van der Waals surface area contributed by atoms with Gasteiger partial charge in [-0.2, -0.15) is 0 Å². The smallest absolute Gasteiger partial charge is 0.137 e. The lowest BCUT2D eigenvalue weighted by Gasteiger charge is -2.26. The fourth-order valence-electron chi connectivity index (χ4n) is 2.28. The summed E-state index contributed by atoms with van der Waals surface area (Å²) in [6.07, 6.45) is 0.987. The van der Waals surface area contributed by atoms with Crippen molar-refractivity contribution in [1.29, 1.82) is 0 Å². The second-order valence-electron chi connectivity index (χ2n) is 5.24. The number of hydrogen-bond acceptors (Lipinski definition) is 4. The summed E-state index contributed by atoms with van der Waals surface area (Å²) in [4.78, 5) is 2.42. The Kier molecular flexibility index (Phi) is 7.30. The van der Waals surface area contributed by atoms with Gasteiger partial charge >= 0.3 is 0 Å². The van der Waals surface area contributed by atoms with E-state index in [0.29, 0.717) is 11.6 Å². The Morgan fingerprint density at radius 2 is 2.14 bits per heavy atom. The lowest BCUT2D eigenvalue weighted by Crippen LogP contribution is -2.40. The minimum atomic E-state index is 0.691. The predicted molar refractivity (Wildman–Crippen MR) is 86.2 cm³/mol. The van der Waals surface area contributed by atoms with Crippen LogP contribution < -0.4 is 10.1 Å². The average molecular weight is 313 g/mol. The van der Waals surface area contributed by atoms with Crippen LogP contribution in [0.25, 0.3) is 0 Å². The van der Waals surface area contributed by atoms with Gasteiger partial charge in [-0.1, -0.05) is 24.6 Å². The summed E-state index contributed by atoms with van der Waals surface area (Å²) in [7, 11) is 0. The van der Waals surface area contributed by atoms with E-state index in [1.54, 1.807) is 0 Å². The molecule has 0 amide bonds. The molecular weight excluding hydrogens is 288 g/mol. The molecule has 1 fully saturated rings. The third kappa shape index (κ3) is 5.83. The van der Waals surface area contributed by atoms with Gasteiger partial charge in [0, 0.05) is 32.7 Å². The van der Waals surface area contributed by atoms with Crippen LogP contribution in [0.1, 0.15) is 18.9 Å². The van der Waals surface area contributed by atoms with Crippen LogP contribution in [0.15, 0.2) is 18.2 Å². The van der Waals surface area contributed by atoms with Crippen molar-refractivity contribution in [1.82, 2.24) is 10.2 Å². The number of nitrogens with one attached hydrogen (secondary N) is 1. The maximum atomic E-state index is 6.22. The van der Waals surface area contributed by atoms with Gasteiger partial charge in [-0.15, -0.1) is 0 Å². The van der Waals surface area contributed by atoms with E-state index in [2.05, 4.69) is 23.2 Å².